The number of hydrogen-bond acceptors (Lipinski definition) is 7. The predicted octanol–water partition coefficient (Wildman–Crippen LogP) is 3.71. The lowest BCUT2D eigenvalue weighted by Gasteiger charge is -2.35. The number of nitrogens with one attached hydrogen (secondary N) is 3. The number of rotatable bonds is 14. The summed E-state index contributed by atoms with van der Waals surface area (Å²) in [4.78, 5) is 18.3. The highest BCUT2D eigenvalue weighted by Crippen LogP contribution is 2.30. The van der Waals surface area contributed by atoms with Crippen molar-refractivity contribution in [1.82, 2.24) is 15.6 Å². The second-order valence-electron chi connectivity index (χ2n) is 12.0. The molecular weight excluding hydrogens is 550 g/mol. The normalized spacial score (nSPS) is 18.1. The molecule has 2 atom stereocenters. The molecule has 0 aliphatic heterocycles. The molecule has 4 N–H and O–H groups in total. The molecule has 9 nitrogen and oxygen atoms in total. The Bertz CT molecular complexity index is 1350. The van der Waals surface area contributed by atoms with Gasteiger partial charge in [0.05, 0.1) is 22.9 Å². The minimum absolute atomic E-state index is 0.157. The van der Waals surface area contributed by atoms with Gasteiger partial charge >= 0.3 is 0 Å². The molecule has 2 aliphatic rings. The highest BCUT2D eigenvalue weighted by atomic mass is 32.2. The Balaban J connectivity index is 1.57. The zero-order valence-electron chi connectivity index (χ0n) is 25.0. The number of aliphatic hydroxyl groups is 1. The zero-order chi connectivity index (χ0) is 30.3. The molecular formula is C32H45N5O4S. The van der Waals surface area contributed by atoms with Gasteiger partial charge in [0.15, 0.2) is 0 Å². The van der Waals surface area contributed by atoms with Crippen molar-refractivity contribution in [2.75, 3.05) is 29.8 Å². The summed E-state index contributed by atoms with van der Waals surface area (Å²) in [5.74, 6) is 3.64. The van der Waals surface area contributed by atoms with Crippen LogP contribution in [0.1, 0.15) is 74.7 Å². The van der Waals surface area contributed by atoms with Gasteiger partial charge in [-0.1, -0.05) is 55.5 Å². The van der Waals surface area contributed by atoms with Crippen LogP contribution in [0.2, 0.25) is 0 Å². The van der Waals surface area contributed by atoms with Gasteiger partial charge in [-0.15, -0.1) is 6.42 Å². The Morgan fingerprint density at radius 2 is 1.86 bits per heavy atom. The highest BCUT2D eigenvalue weighted by Gasteiger charge is 2.32. The Labute approximate surface area is 250 Å². The van der Waals surface area contributed by atoms with Crippen LogP contribution in [0, 0.1) is 18.3 Å². The van der Waals surface area contributed by atoms with E-state index in [1.165, 1.54) is 13.1 Å². The van der Waals surface area contributed by atoms with E-state index in [0.717, 1.165) is 54.8 Å². The molecule has 0 radical (unpaired) electrons. The quantitative estimate of drug-likeness (QED) is 0.246. The Hall–Kier alpha value is -3.13. The maximum absolute atomic E-state index is 13.7. The third-order valence-electron chi connectivity index (χ3n) is 8.36. The van der Waals surface area contributed by atoms with Crippen LogP contribution in [0.5, 0.6) is 0 Å². The fourth-order valence-electron chi connectivity index (χ4n) is 5.29. The molecule has 10 heteroatoms. The minimum atomic E-state index is -3.66. The summed E-state index contributed by atoms with van der Waals surface area (Å²) in [6.45, 7) is 4.15. The molecule has 1 amide bonds. The first kappa shape index (κ1) is 31.8. The third-order valence-corrected chi connectivity index (χ3v) is 10.5. The number of hydrogen-bond donors (Lipinski definition) is 4. The van der Waals surface area contributed by atoms with E-state index in [1.54, 1.807) is 19.9 Å². The summed E-state index contributed by atoms with van der Waals surface area (Å²) < 4.78 is 27.0. The number of terminal acetylenes is 1. The number of β-amino-alcohol motifs (C(OH)–C–C–N with tert-alkyl or cyclic N) is 1. The number of aromatic nitrogens is 1. The molecule has 0 saturated heterocycles. The molecule has 2 aromatic rings. The lowest BCUT2D eigenvalue weighted by molar-refractivity contribution is 0.0810. The van der Waals surface area contributed by atoms with Crippen molar-refractivity contribution in [3.8, 4) is 12.3 Å². The van der Waals surface area contributed by atoms with Crippen molar-refractivity contribution < 1.29 is 18.3 Å². The number of nitrogens with zero attached hydrogens (tertiary/aromatic N) is 2. The van der Waals surface area contributed by atoms with Crippen LogP contribution in [0.25, 0.3) is 0 Å². The monoisotopic (exact) mass is 595 g/mol. The van der Waals surface area contributed by atoms with E-state index in [1.807, 2.05) is 30.3 Å². The molecule has 228 valence electrons. The van der Waals surface area contributed by atoms with Crippen LogP contribution in [0.4, 0.5) is 11.6 Å². The van der Waals surface area contributed by atoms with Crippen molar-refractivity contribution >= 4 is 27.6 Å². The Morgan fingerprint density at radius 1 is 1.17 bits per heavy atom. The topological polar surface area (TPSA) is 124 Å². The van der Waals surface area contributed by atoms with E-state index in [4.69, 9.17) is 6.42 Å². The fraction of sp³-hybridized carbons (Fsp3) is 0.562. The van der Waals surface area contributed by atoms with Crippen LogP contribution >= 0.6 is 0 Å². The fourth-order valence-corrected chi connectivity index (χ4v) is 6.28. The van der Waals surface area contributed by atoms with Crippen molar-refractivity contribution in [2.45, 2.75) is 88.1 Å². The number of benzene rings is 1. The lowest BCUT2D eigenvalue weighted by Crippen LogP contribution is -2.54. The molecule has 2 aliphatic carbocycles. The summed E-state index contributed by atoms with van der Waals surface area (Å²) in [7, 11) is -2.22. The summed E-state index contributed by atoms with van der Waals surface area (Å²) >= 11 is 0. The van der Waals surface area contributed by atoms with Crippen molar-refractivity contribution in [1.29, 1.82) is 0 Å². The smallest absolute Gasteiger partial charge is 0.251 e. The SMILES string of the molecule is C#CC1(NC[C@@H](O)[C@H](Cc2ccccc2)NC(=O)c2cc(NCC3CC3)nc(N(C)S(=O)(=O)C(C)C)c2)CCCCC1. The second-order valence-corrected chi connectivity index (χ2v) is 14.5. The van der Waals surface area contributed by atoms with Gasteiger partial charge in [0, 0.05) is 25.7 Å². The van der Waals surface area contributed by atoms with Crippen LogP contribution in [-0.2, 0) is 16.4 Å². The lowest BCUT2D eigenvalue weighted by atomic mass is 9.82. The zero-order valence-corrected chi connectivity index (χ0v) is 25.8. The van der Waals surface area contributed by atoms with Crippen LogP contribution in [0.15, 0.2) is 42.5 Å². The molecule has 1 aromatic heterocycles. The average Bonchev–Trinajstić information content (AvgIpc) is 3.83. The van der Waals surface area contributed by atoms with Gasteiger partial charge in [0.25, 0.3) is 5.91 Å². The number of sulfonamides is 1. The van der Waals surface area contributed by atoms with Crippen LogP contribution < -0.4 is 20.3 Å². The van der Waals surface area contributed by atoms with Crippen molar-refractivity contribution in [3.63, 3.8) is 0 Å². The molecule has 42 heavy (non-hydrogen) atoms. The maximum Gasteiger partial charge on any atom is 0.251 e. The van der Waals surface area contributed by atoms with Gasteiger partial charge in [-0.05, 0) is 69.6 Å². The summed E-state index contributed by atoms with van der Waals surface area (Å²) in [6.07, 6.45) is 12.6. The molecule has 0 bridgehead atoms. The van der Waals surface area contributed by atoms with Gasteiger partial charge < -0.3 is 15.7 Å². The minimum Gasteiger partial charge on any atom is -0.390 e. The first-order valence-corrected chi connectivity index (χ1v) is 16.5. The molecule has 1 aromatic carbocycles. The Morgan fingerprint density at radius 3 is 2.48 bits per heavy atom. The molecule has 0 unspecified atom stereocenters. The summed E-state index contributed by atoms with van der Waals surface area (Å²) in [5.41, 5.74) is 0.778. The Kier molecular flexibility index (Phi) is 10.5. The van der Waals surface area contributed by atoms with Crippen molar-refractivity contribution in [3.05, 3.63) is 53.6 Å². The standard InChI is InChI=1S/C32H45N5O4S/c1-5-32(16-10-7-11-17-32)34-22-28(38)27(18-24-12-8-6-9-13-24)35-31(39)26-19-29(33-21-25-14-15-25)36-30(20-26)37(4)42(40,41)23(2)3/h1,6,8-9,12-13,19-20,23,25,27-28,34,38H,7,10-11,14-18,21-22H2,2-4H3,(H,33,36)(H,35,39)/t27-,28+/m0/s1. The third kappa shape index (κ3) is 8.24. The first-order valence-electron chi connectivity index (χ1n) is 15.0. The second kappa shape index (κ2) is 13.9. The predicted molar refractivity (Wildman–Crippen MR) is 168 cm³/mol. The number of aliphatic hydroxyl groups excluding tert-OH is 1. The molecule has 2 saturated carbocycles. The molecule has 0 spiro atoms. The van der Waals surface area contributed by atoms with E-state index in [9.17, 15) is 18.3 Å². The largest absolute Gasteiger partial charge is 0.390 e. The maximum atomic E-state index is 13.7. The number of pyridine rings is 1. The van der Waals surface area contributed by atoms with Crippen LogP contribution in [0.3, 0.4) is 0 Å². The average molecular weight is 596 g/mol. The number of carbonyl (C=O) groups is 1. The molecule has 2 fully saturated rings. The number of anilines is 2. The van der Waals surface area contributed by atoms with E-state index in [2.05, 4.69) is 26.9 Å². The van der Waals surface area contributed by atoms with Crippen molar-refractivity contribution in [2.24, 2.45) is 5.92 Å². The molecule has 4 rings (SSSR count). The van der Waals surface area contributed by atoms with Gasteiger partial charge in [0.2, 0.25) is 10.0 Å². The highest BCUT2D eigenvalue weighted by molar-refractivity contribution is 7.93. The molecule has 1 heterocycles. The number of amides is 1. The number of carbonyl (C=O) groups excluding carboxylic acids is 1. The van der Waals surface area contributed by atoms with Crippen LogP contribution in [-0.4, -0.2) is 67.5 Å². The summed E-state index contributed by atoms with van der Waals surface area (Å²) in [6, 6.07) is 12.2. The van der Waals surface area contributed by atoms with E-state index in [-0.39, 0.29) is 17.9 Å². The van der Waals surface area contributed by atoms with E-state index in [0.29, 0.717) is 24.7 Å². The first-order chi connectivity index (χ1) is 20.0. The van der Waals surface area contributed by atoms with E-state index >= 15 is 0 Å². The van der Waals surface area contributed by atoms with Gasteiger partial charge in [-0.3, -0.25) is 14.4 Å². The summed E-state index contributed by atoms with van der Waals surface area (Å²) in [5, 5.41) is 20.4. The van der Waals surface area contributed by atoms with Gasteiger partial charge in [0.1, 0.15) is 11.6 Å². The van der Waals surface area contributed by atoms with Gasteiger partial charge in [-0.2, -0.15) is 0 Å². The van der Waals surface area contributed by atoms with Gasteiger partial charge in [-0.25, -0.2) is 13.4 Å². The van der Waals surface area contributed by atoms with E-state index < -0.39 is 38.9 Å².